The maximum absolute atomic E-state index is 13.3. The number of benzene rings is 1. The molecule has 4 heteroatoms. The molecule has 2 nitrogen and oxygen atoms in total. The Hall–Kier alpha value is -0.450. The standard InChI is InChI=1S/C15H22BrFN2/c1-11(12-5-6-15(17)14(16)10-12)19(2)13-4-3-8-18-9-7-13/h5-6,10-11,13,18H,3-4,7-9H2,1-2H3. The zero-order chi connectivity index (χ0) is 13.8. The second kappa shape index (κ2) is 6.82. The van der Waals surface area contributed by atoms with Gasteiger partial charge in [-0.05, 0) is 79.9 Å². The highest BCUT2D eigenvalue weighted by Crippen LogP contribution is 2.27. The van der Waals surface area contributed by atoms with E-state index in [1.807, 2.05) is 12.1 Å². The van der Waals surface area contributed by atoms with Crippen LogP contribution in [0, 0.1) is 5.82 Å². The van der Waals surface area contributed by atoms with Crippen LogP contribution in [0.5, 0.6) is 0 Å². The predicted molar refractivity (Wildman–Crippen MR) is 80.8 cm³/mol. The summed E-state index contributed by atoms with van der Waals surface area (Å²) < 4.78 is 13.9. The molecule has 0 aliphatic carbocycles. The third-order valence-corrected chi connectivity index (χ3v) is 4.77. The van der Waals surface area contributed by atoms with Crippen molar-refractivity contribution in [2.45, 2.75) is 38.3 Å². The van der Waals surface area contributed by atoms with Crippen LogP contribution in [0.15, 0.2) is 22.7 Å². The van der Waals surface area contributed by atoms with Crippen molar-refractivity contribution in [2.75, 3.05) is 20.1 Å². The first kappa shape index (κ1) is 14.9. The molecule has 1 aromatic carbocycles. The molecule has 106 valence electrons. The lowest BCUT2D eigenvalue weighted by atomic mass is 10.0. The summed E-state index contributed by atoms with van der Waals surface area (Å²) in [6.45, 7) is 4.41. The van der Waals surface area contributed by atoms with Crippen molar-refractivity contribution in [1.29, 1.82) is 0 Å². The molecule has 0 bridgehead atoms. The summed E-state index contributed by atoms with van der Waals surface area (Å²) in [7, 11) is 2.18. The molecule has 1 N–H and O–H groups in total. The molecule has 0 amide bonds. The van der Waals surface area contributed by atoms with Gasteiger partial charge in [-0.2, -0.15) is 0 Å². The number of nitrogens with zero attached hydrogens (tertiary/aromatic N) is 1. The van der Waals surface area contributed by atoms with Gasteiger partial charge in [-0.1, -0.05) is 6.07 Å². The quantitative estimate of drug-likeness (QED) is 0.909. The lowest BCUT2D eigenvalue weighted by molar-refractivity contribution is 0.171. The Labute approximate surface area is 123 Å². The molecule has 0 spiro atoms. The Bertz CT molecular complexity index is 417. The minimum absolute atomic E-state index is 0.197. The summed E-state index contributed by atoms with van der Waals surface area (Å²) in [5, 5.41) is 3.44. The Kier molecular flexibility index (Phi) is 5.37. The average molecular weight is 329 g/mol. The van der Waals surface area contributed by atoms with Crippen LogP contribution in [-0.4, -0.2) is 31.1 Å². The molecule has 2 atom stereocenters. The summed E-state index contributed by atoms with van der Waals surface area (Å²) in [4.78, 5) is 2.42. The first-order chi connectivity index (χ1) is 9.09. The van der Waals surface area contributed by atoms with Crippen LogP contribution in [0.1, 0.15) is 37.8 Å². The molecular weight excluding hydrogens is 307 g/mol. The molecule has 2 unspecified atom stereocenters. The first-order valence-electron chi connectivity index (χ1n) is 6.97. The van der Waals surface area contributed by atoms with E-state index in [4.69, 9.17) is 0 Å². The smallest absolute Gasteiger partial charge is 0.137 e. The number of hydrogen-bond acceptors (Lipinski definition) is 2. The van der Waals surface area contributed by atoms with E-state index in [2.05, 4.69) is 40.1 Å². The summed E-state index contributed by atoms with van der Waals surface area (Å²) in [6.07, 6.45) is 3.65. The van der Waals surface area contributed by atoms with Gasteiger partial charge in [-0.25, -0.2) is 4.39 Å². The summed E-state index contributed by atoms with van der Waals surface area (Å²) >= 11 is 3.27. The molecule has 0 saturated carbocycles. The van der Waals surface area contributed by atoms with Crippen LogP contribution < -0.4 is 5.32 Å². The monoisotopic (exact) mass is 328 g/mol. The zero-order valence-corrected chi connectivity index (χ0v) is 13.2. The number of rotatable bonds is 3. The van der Waals surface area contributed by atoms with E-state index in [1.54, 1.807) is 6.07 Å². The van der Waals surface area contributed by atoms with Gasteiger partial charge in [0.1, 0.15) is 5.82 Å². The van der Waals surface area contributed by atoms with Crippen molar-refractivity contribution in [2.24, 2.45) is 0 Å². The highest BCUT2D eigenvalue weighted by Gasteiger charge is 2.22. The lowest BCUT2D eigenvalue weighted by Crippen LogP contribution is -2.34. The van der Waals surface area contributed by atoms with Crippen LogP contribution >= 0.6 is 15.9 Å². The van der Waals surface area contributed by atoms with Crippen LogP contribution in [0.3, 0.4) is 0 Å². The van der Waals surface area contributed by atoms with Crippen molar-refractivity contribution in [3.63, 3.8) is 0 Å². The molecule has 1 aliphatic rings. The fourth-order valence-electron chi connectivity index (χ4n) is 2.73. The minimum atomic E-state index is -0.197. The van der Waals surface area contributed by atoms with E-state index in [-0.39, 0.29) is 5.82 Å². The van der Waals surface area contributed by atoms with Crippen LogP contribution in [0.4, 0.5) is 4.39 Å². The second-order valence-corrected chi connectivity index (χ2v) is 6.20. The highest BCUT2D eigenvalue weighted by molar-refractivity contribution is 9.10. The average Bonchev–Trinajstić information content (AvgIpc) is 2.69. The van der Waals surface area contributed by atoms with Crippen LogP contribution in [0.25, 0.3) is 0 Å². The van der Waals surface area contributed by atoms with E-state index in [1.165, 1.54) is 19.3 Å². The highest BCUT2D eigenvalue weighted by atomic mass is 79.9. The van der Waals surface area contributed by atoms with Crippen LogP contribution in [-0.2, 0) is 0 Å². The van der Waals surface area contributed by atoms with Gasteiger partial charge in [0.2, 0.25) is 0 Å². The molecule has 1 aromatic rings. The van der Waals surface area contributed by atoms with Crippen molar-refractivity contribution >= 4 is 15.9 Å². The van der Waals surface area contributed by atoms with E-state index in [0.717, 1.165) is 18.7 Å². The van der Waals surface area contributed by atoms with Gasteiger partial charge in [-0.15, -0.1) is 0 Å². The third-order valence-electron chi connectivity index (χ3n) is 4.16. The molecule has 1 saturated heterocycles. The lowest BCUT2D eigenvalue weighted by Gasteiger charge is -2.33. The predicted octanol–water partition coefficient (Wildman–Crippen LogP) is 3.72. The minimum Gasteiger partial charge on any atom is -0.317 e. The van der Waals surface area contributed by atoms with Gasteiger partial charge in [-0.3, -0.25) is 4.90 Å². The maximum Gasteiger partial charge on any atom is 0.137 e. The Morgan fingerprint density at radius 2 is 2.16 bits per heavy atom. The fraction of sp³-hybridized carbons (Fsp3) is 0.600. The van der Waals surface area contributed by atoms with Gasteiger partial charge in [0.25, 0.3) is 0 Å². The largest absolute Gasteiger partial charge is 0.317 e. The molecule has 1 heterocycles. The van der Waals surface area contributed by atoms with Crippen molar-refractivity contribution in [3.8, 4) is 0 Å². The molecule has 2 rings (SSSR count). The topological polar surface area (TPSA) is 15.3 Å². The maximum atomic E-state index is 13.3. The van der Waals surface area contributed by atoms with E-state index < -0.39 is 0 Å². The van der Waals surface area contributed by atoms with E-state index in [9.17, 15) is 4.39 Å². The molecule has 19 heavy (non-hydrogen) atoms. The number of hydrogen-bond donors (Lipinski definition) is 1. The number of nitrogens with one attached hydrogen (secondary N) is 1. The fourth-order valence-corrected chi connectivity index (χ4v) is 3.13. The third kappa shape index (κ3) is 3.77. The normalized spacial score (nSPS) is 22.3. The van der Waals surface area contributed by atoms with Crippen molar-refractivity contribution in [3.05, 3.63) is 34.1 Å². The molecule has 0 radical (unpaired) electrons. The summed E-state index contributed by atoms with van der Waals surface area (Å²) in [5.41, 5.74) is 1.16. The van der Waals surface area contributed by atoms with E-state index >= 15 is 0 Å². The van der Waals surface area contributed by atoms with E-state index in [0.29, 0.717) is 16.6 Å². The second-order valence-electron chi connectivity index (χ2n) is 5.35. The van der Waals surface area contributed by atoms with Gasteiger partial charge in [0, 0.05) is 12.1 Å². The van der Waals surface area contributed by atoms with Gasteiger partial charge >= 0.3 is 0 Å². The summed E-state index contributed by atoms with van der Waals surface area (Å²) in [5.74, 6) is -0.197. The zero-order valence-electron chi connectivity index (χ0n) is 11.6. The Morgan fingerprint density at radius 1 is 1.37 bits per heavy atom. The Morgan fingerprint density at radius 3 is 2.89 bits per heavy atom. The number of halogens is 2. The van der Waals surface area contributed by atoms with Crippen LogP contribution in [0.2, 0.25) is 0 Å². The van der Waals surface area contributed by atoms with Gasteiger partial charge in [0.05, 0.1) is 4.47 Å². The Balaban J connectivity index is 2.08. The van der Waals surface area contributed by atoms with Gasteiger partial charge < -0.3 is 5.32 Å². The SMILES string of the molecule is CC(c1ccc(F)c(Br)c1)N(C)C1CCCNCC1. The van der Waals surface area contributed by atoms with Crippen molar-refractivity contribution < 1.29 is 4.39 Å². The summed E-state index contributed by atoms with van der Waals surface area (Å²) in [6, 6.07) is 6.23. The molecule has 0 aromatic heterocycles. The molecule has 1 fully saturated rings. The van der Waals surface area contributed by atoms with Crippen molar-refractivity contribution in [1.82, 2.24) is 10.2 Å². The molecule has 1 aliphatic heterocycles. The molecular formula is C15H22BrFN2. The van der Waals surface area contributed by atoms with Gasteiger partial charge in [0.15, 0.2) is 0 Å². The first-order valence-corrected chi connectivity index (χ1v) is 7.76.